The summed E-state index contributed by atoms with van der Waals surface area (Å²) in [6, 6.07) is 3.27. The molecule has 1 fully saturated rings. The minimum absolute atomic E-state index is 0.00758. The summed E-state index contributed by atoms with van der Waals surface area (Å²) in [6.45, 7) is 0.517. The van der Waals surface area contributed by atoms with Crippen LogP contribution < -0.4 is 15.4 Å². The lowest BCUT2D eigenvalue weighted by molar-refractivity contribution is -0.143. The molecular formula is C23H27N3O11. The minimum Gasteiger partial charge on any atom is -0.483 e. The van der Waals surface area contributed by atoms with Crippen LogP contribution in [0.4, 0.5) is 0 Å². The molecule has 1 unspecified atom stereocenters. The lowest BCUT2D eigenvalue weighted by Crippen LogP contribution is -2.54. The van der Waals surface area contributed by atoms with Crippen molar-refractivity contribution in [3.63, 3.8) is 0 Å². The predicted octanol–water partition coefficient (Wildman–Crippen LogP) is -1.28. The van der Waals surface area contributed by atoms with Crippen LogP contribution in [0.5, 0.6) is 5.75 Å². The molecule has 1 atom stereocenters. The van der Waals surface area contributed by atoms with E-state index in [-0.39, 0.29) is 75.9 Å². The van der Waals surface area contributed by atoms with Crippen molar-refractivity contribution in [2.75, 3.05) is 52.8 Å². The third-order valence-electron chi connectivity index (χ3n) is 5.33. The highest BCUT2D eigenvalue weighted by Crippen LogP contribution is 2.33. The van der Waals surface area contributed by atoms with Gasteiger partial charge in [-0.1, -0.05) is 6.07 Å². The summed E-state index contributed by atoms with van der Waals surface area (Å²) in [4.78, 5) is 72.6. The molecule has 37 heavy (non-hydrogen) atoms. The number of rotatable bonds is 15. The maximum Gasteiger partial charge on any atom is 0.329 e. The zero-order valence-corrected chi connectivity index (χ0v) is 19.9. The highest BCUT2D eigenvalue weighted by Gasteiger charge is 2.46. The first-order chi connectivity index (χ1) is 17.8. The second-order valence-corrected chi connectivity index (χ2v) is 7.94. The second kappa shape index (κ2) is 13.4. The number of ether oxygens (including phenoxy) is 4. The van der Waals surface area contributed by atoms with Gasteiger partial charge in [-0.25, -0.2) is 4.79 Å². The molecule has 3 rings (SSSR count). The van der Waals surface area contributed by atoms with Gasteiger partial charge in [-0.3, -0.25) is 34.2 Å². The molecular weight excluding hydrogens is 494 g/mol. The van der Waals surface area contributed by atoms with E-state index in [4.69, 9.17) is 24.1 Å². The molecule has 2 heterocycles. The molecule has 0 spiro atoms. The Morgan fingerprint density at radius 3 is 2.38 bits per heavy atom. The van der Waals surface area contributed by atoms with Crippen LogP contribution in [0.15, 0.2) is 18.2 Å². The van der Waals surface area contributed by atoms with Gasteiger partial charge in [-0.05, 0) is 18.6 Å². The fourth-order valence-corrected chi connectivity index (χ4v) is 3.66. The Labute approximate surface area is 211 Å². The lowest BCUT2D eigenvalue weighted by Gasteiger charge is -2.27. The van der Waals surface area contributed by atoms with Gasteiger partial charge < -0.3 is 29.4 Å². The Hall–Kier alpha value is -3.88. The monoisotopic (exact) mass is 521 g/mol. The van der Waals surface area contributed by atoms with Gasteiger partial charge in [-0.15, -0.1) is 0 Å². The van der Waals surface area contributed by atoms with Gasteiger partial charge in [0.1, 0.15) is 18.4 Å². The van der Waals surface area contributed by atoms with Crippen molar-refractivity contribution in [2.24, 2.45) is 0 Å². The molecule has 3 N–H and O–H groups in total. The second-order valence-electron chi connectivity index (χ2n) is 7.94. The van der Waals surface area contributed by atoms with Crippen LogP contribution in [0.2, 0.25) is 0 Å². The molecule has 5 amide bonds. The number of carboxylic acid groups (broad SMARTS) is 1. The van der Waals surface area contributed by atoms with E-state index in [0.717, 1.165) is 4.90 Å². The van der Waals surface area contributed by atoms with Crippen LogP contribution in [-0.4, -0.2) is 104 Å². The van der Waals surface area contributed by atoms with E-state index in [1.165, 1.54) is 18.2 Å². The summed E-state index contributed by atoms with van der Waals surface area (Å²) >= 11 is 0. The van der Waals surface area contributed by atoms with Crippen molar-refractivity contribution in [2.45, 2.75) is 18.9 Å². The number of hydrogen-bond donors (Lipinski definition) is 3. The molecule has 0 bridgehead atoms. The van der Waals surface area contributed by atoms with Gasteiger partial charge in [0.25, 0.3) is 17.7 Å². The predicted molar refractivity (Wildman–Crippen MR) is 122 cm³/mol. The van der Waals surface area contributed by atoms with Crippen molar-refractivity contribution in [1.82, 2.24) is 15.5 Å². The van der Waals surface area contributed by atoms with Crippen LogP contribution in [0.1, 0.15) is 33.6 Å². The van der Waals surface area contributed by atoms with Crippen molar-refractivity contribution in [3.8, 4) is 5.75 Å². The molecule has 0 saturated carbocycles. The number of hydrogen-bond acceptors (Lipinski definition) is 10. The molecule has 1 aromatic carbocycles. The summed E-state index contributed by atoms with van der Waals surface area (Å²) in [5.74, 6) is -4.08. The number of carbonyl (C=O) groups is 6. The summed E-state index contributed by atoms with van der Waals surface area (Å²) in [6.07, 6.45) is 0.0395. The maximum absolute atomic E-state index is 13.0. The van der Waals surface area contributed by atoms with E-state index in [1.54, 1.807) is 0 Å². The van der Waals surface area contributed by atoms with E-state index < -0.39 is 48.2 Å². The van der Waals surface area contributed by atoms with Gasteiger partial charge in [0, 0.05) is 13.0 Å². The topological polar surface area (TPSA) is 187 Å². The summed E-state index contributed by atoms with van der Waals surface area (Å²) < 4.78 is 20.8. The minimum atomic E-state index is -1.10. The SMILES string of the molecule is O=C(O)COCCOCCOCCNC(=O)COc1cccc2c1C(=O)N(C1CCC(=O)NC1=O)C2=O. The van der Waals surface area contributed by atoms with E-state index in [2.05, 4.69) is 10.6 Å². The first-order valence-electron chi connectivity index (χ1n) is 11.5. The largest absolute Gasteiger partial charge is 0.483 e. The molecule has 0 radical (unpaired) electrons. The molecule has 0 aliphatic carbocycles. The molecule has 2 aliphatic rings. The Morgan fingerprint density at radius 1 is 0.973 bits per heavy atom. The number of aliphatic carboxylic acids is 1. The number of carbonyl (C=O) groups excluding carboxylic acids is 5. The van der Waals surface area contributed by atoms with E-state index in [9.17, 15) is 28.8 Å². The van der Waals surface area contributed by atoms with Gasteiger partial charge in [-0.2, -0.15) is 0 Å². The number of nitrogens with one attached hydrogen (secondary N) is 2. The van der Waals surface area contributed by atoms with Crippen LogP contribution in [-0.2, 0) is 33.4 Å². The smallest absolute Gasteiger partial charge is 0.329 e. The van der Waals surface area contributed by atoms with Crippen LogP contribution >= 0.6 is 0 Å². The first kappa shape index (κ1) is 27.7. The Morgan fingerprint density at radius 2 is 1.68 bits per heavy atom. The Bertz CT molecular complexity index is 1060. The zero-order valence-electron chi connectivity index (χ0n) is 19.9. The summed E-state index contributed by atoms with van der Waals surface area (Å²) in [7, 11) is 0. The summed E-state index contributed by atoms with van der Waals surface area (Å²) in [5, 5.41) is 13.1. The van der Waals surface area contributed by atoms with Gasteiger partial charge >= 0.3 is 5.97 Å². The lowest BCUT2D eigenvalue weighted by atomic mass is 10.0. The molecule has 1 aromatic rings. The summed E-state index contributed by atoms with van der Waals surface area (Å²) in [5.41, 5.74) is 0.0124. The highest BCUT2D eigenvalue weighted by atomic mass is 16.5. The Balaban J connectivity index is 1.38. The van der Waals surface area contributed by atoms with Crippen molar-refractivity contribution in [1.29, 1.82) is 0 Å². The van der Waals surface area contributed by atoms with Crippen molar-refractivity contribution >= 4 is 35.5 Å². The third kappa shape index (κ3) is 7.55. The fourth-order valence-electron chi connectivity index (χ4n) is 3.66. The normalized spacial score (nSPS) is 17.0. The van der Waals surface area contributed by atoms with E-state index >= 15 is 0 Å². The van der Waals surface area contributed by atoms with Gasteiger partial charge in [0.2, 0.25) is 11.8 Å². The van der Waals surface area contributed by atoms with Gasteiger partial charge in [0.05, 0.1) is 44.2 Å². The molecule has 2 aliphatic heterocycles. The third-order valence-corrected chi connectivity index (χ3v) is 5.33. The van der Waals surface area contributed by atoms with Crippen LogP contribution in [0.25, 0.3) is 0 Å². The average molecular weight is 521 g/mol. The number of piperidine rings is 1. The standard InChI is InChI=1S/C23H27N3O11/c27-17-5-4-15(21(31)25-17)26-22(32)14-2-1-3-16(20(14)23(26)33)37-12-18(28)24-6-7-34-8-9-35-10-11-36-13-19(29)30/h1-3,15H,4-13H2,(H,24,28)(H,29,30)(H,25,27,31). The molecule has 200 valence electrons. The number of amides is 5. The van der Waals surface area contributed by atoms with Crippen molar-refractivity contribution < 1.29 is 52.8 Å². The van der Waals surface area contributed by atoms with E-state index in [0.29, 0.717) is 0 Å². The molecule has 1 saturated heterocycles. The average Bonchev–Trinajstić information content (AvgIpc) is 3.11. The van der Waals surface area contributed by atoms with Crippen molar-refractivity contribution in [3.05, 3.63) is 29.3 Å². The maximum atomic E-state index is 13.0. The first-order valence-corrected chi connectivity index (χ1v) is 11.5. The number of carboxylic acids is 1. The highest BCUT2D eigenvalue weighted by molar-refractivity contribution is 6.24. The van der Waals surface area contributed by atoms with Crippen LogP contribution in [0.3, 0.4) is 0 Å². The fraction of sp³-hybridized carbons (Fsp3) is 0.478. The number of benzene rings is 1. The van der Waals surface area contributed by atoms with Crippen LogP contribution in [0, 0.1) is 0 Å². The van der Waals surface area contributed by atoms with E-state index in [1.807, 2.05) is 0 Å². The molecule has 14 nitrogen and oxygen atoms in total. The zero-order chi connectivity index (χ0) is 26.8. The Kier molecular flexibility index (Phi) is 10.1. The number of imide groups is 2. The van der Waals surface area contributed by atoms with Gasteiger partial charge in [0.15, 0.2) is 6.61 Å². The quantitative estimate of drug-likeness (QED) is 0.184. The number of nitrogens with zero attached hydrogens (tertiary/aromatic N) is 1. The number of fused-ring (bicyclic) bond motifs is 1. The molecule has 14 heteroatoms. The molecule has 0 aromatic heterocycles.